The highest BCUT2D eigenvalue weighted by Gasteiger charge is 2.23. The van der Waals surface area contributed by atoms with Gasteiger partial charge in [0.2, 0.25) is 0 Å². The van der Waals surface area contributed by atoms with E-state index in [9.17, 15) is 4.79 Å². The predicted octanol–water partition coefficient (Wildman–Crippen LogP) is 1.76. The van der Waals surface area contributed by atoms with Gasteiger partial charge in [-0.05, 0) is 32.4 Å². The lowest BCUT2D eigenvalue weighted by Crippen LogP contribution is -2.47. The maximum Gasteiger partial charge on any atom is 0.265 e. The summed E-state index contributed by atoms with van der Waals surface area (Å²) >= 11 is 1.33. The summed E-state index contributed by atoms with van der Waals surface area (Å²) in [6.07, 6.45) is 3.16. The lowest BCUT2D eigenvalue weighted by Gasteiger charge is -2.32. The van der Waals surface area contributed by atoms with Gasteiger partial charge in [0.15, 0.2) is 5.13 Å². The van der Waals surface area contributed by atoms with E-state index in [4.69, 9.17) is 5.73 Å². The molecule has 0 bridgehead atoms. The molecule has 1 aromatic heterocycles. The maximum atomic E-state index is 12.3. The minimum atomic E-state index is -0.0995. The first-order valence-electron chi connectivity index (χ1n) is 7.67. The Morgan fingerprint density at radius 1 is 1.52 bits per heavy atom. The van der Waals surface area contributed by atoms with Crippen molar-refractivity contribution in [2.45, 2.75) is 39.2 Å². The number of carbonyl (C=O) groups excluding carboxylic acids is 1. The fraction of sp³-hybridized carbons (Fsp3) is 0.714. The molecular weight excluding hydrogens is 286 g/mol. The molecule has 1 aliphatic rings. The van der Waals surface area contributed by atoms with E-state index >= 15 is 0 Å². The molecule has 6 nitrogen and oxygen atoms in total. The molecule has 4 N–H and O–H groups in total. The first-order valence-corrected chi connectivity index (χ1v) is 8.49. The topological polar surface area (TPSA) is 83.3 Å². The van der Waals surface area contributed by atoms with Gasteiger partial charge in [-0.15, -0.1) is 0 Å². The van der Waals surface area contributed by atoms with Crippen molar-refractivity contribution in [3.8, 4) is 0 Å². The number of nitrogens with two attached hydrogens (primary N) is 1. The Bertz CT molecular complexity index is 476. The molecule has 1 saturated heterocycles. The van der Waals surface area contributed by atoms with Crippen LogP contribution in [0.15, 0.2) is 0 Å². The zero-order valence-corrected chi connectivity index (χ0v) is 13.6. The second-order valence-electron chi connectivity index (χ2n) is 5.37. The van der Waals surface area contributed by atoms with Crippen LogP contribution in [0, 0.1) is 0 Å². The molecule has 0 saturated carbocycles. The van der Waals surface area contributed by atoms with Gasteiger partial charge in [0.1, 0.15) is 10.7 Å². The van der Waals surface area contributed by atoms with E-state index in [1.807, 2.05) is 0 Å². The highest BCUT2D eigenvalue weighted by molar-refractivity contribution is 7.18. The van der Waals surface area contributed by atoms with Crippen molar-refractivity contribution in [1.82, 2.24) is 15.2 Å². The third kappa shape index (κ3) is 4.31. The Morgan fingerprint density at radius 2 is 2.33 bits per heavy atom. The van der Waals surface area contributed by atoms with Gasteiger partial charge >= 0.3 is 0 Å². The molecule has 1 fully saturated rings. The van der Waals surface area contributed by atoms with Crippen LogP contribution < -0.4 is 16.4 Å². The molecule has 2 rings (SSSR count). The van der Waals surface area contributed by atoms with Gasteiger partial charge < -0.3 is 21.3 Å². The van der Waals surface area contributed by atoms with Crippen molar-refractivity contribution < 1.29 is 4.79 Å². The first-order chi connectivity index (χ1) is 10.1. The molecular formula is C14H25N5OS. The molecule has 21 heavy (non-hydrogen) atoms. The fourth-order valence-electron chi connectivity index (χ4n) is 2.51. The van der Waals surface area contributed by atoms with Crippen LogP contribution in [-0.4, -0.2) is 48.0 Å². The molecule has 7 heteroatoms. The molecule has 1 atom stereocenters. The Labute approximate surface area is 130 Å². The molecule has 1 aliphatic heterocycles. The van der Waals surface area contributed by atoms with Crippen LogP contribution in [0.1, 0.15) is 42.8 Å². The number of hydrogen-bond donors (Lipinski definition) is 3. The van der Waals surface area contributed by atoms with Crippen molar-refractivity contribution in [2.75, 3.05) is 37.2 Å². The van der Waals surface area contributed by atoms with E-state index in [0.29, 0.717) is 10.7 Å². The van der Waals surface area contributed by atoms with Gasteiger partial charge in [-0.25, -0.2) is 4.98 Å². The summed E-state index contributed by atoms with van der Waals surface area (Å²) < 4.78 is 0. The standard InChI is InChI=1S/C14H25N5OS/c1-3-7-16-14-18-12(15)11(21-14)13(20)17-10-6-5-8-19(4-2)9-10/h10H,3-9,15H2,1-2H3,(H,16,18)(H,17,20). The van der Waals surface area contributed by atoms with E-state index in [1.165, 1.54) is 11.3 Å². The van der Waals surface area contributed by atoms with E-state index in [-0.39, 0.29) is 11.9 Å². The smallest absolute Gasteiger partial charge is 0.265 e. The summed E-state index contributed by atoms with van der Waals surface area (Å²) in [5.74, 6) is 0.219. The van der Waals surface area contributed by atoms with Crippen LogP contribution in [0.25, 0.3) is 0 Å². The molecule has 2 heterocycles. The zero-order valence-electron chi connectivity index (χ0n) is 12.8. The van der Waals surface area contributed by atoms with Crippen LogP contribution in [0.2, 0.25) is 0 Å². The third-order valence-corrected chi connectivity index (χ3v) is 4.70. The number of likely N-dealkylation sites (N-methyl/N-ethyl adjacent to an activating group) is 1. The number of rotatable bonds is 6. The summed E-state index contributed by atoms with van der Waals surface area (Å²) in [6, 6.07) is 0.208. The number of nitrogen functional groups attached to an aromatic ring is 1. The summed E-state index contributed by atoms with van der Waals surface area (Å²) in [5.41, 5.74) is 5.86. The maximum absolute atomic E-state index is 12.3. The summed E-state index contributed by atoms with van der Waals surface area (Å²) in [5, 5.41) is 6.98. The number of hydrogen-bond acceptors (Lipinski definition) is 6. The van der Waals surface area contributed by atoms with Crippen LogP contribution in [0.5, 0.6) is 0 Å². The van der Waals surface area contributed by atoms with Gasteiger partial charge in [-0.1, -0.05) is 25.2 Å². The average Bonchev–Trinajstić information content (AvgIpc) is 2.86. The summed E-state index contributed by atoms with van der Waals surface area (Å²) in [6.45, 7) is 8.14. The minimum Gasteiger partial charge on any atom is -0.382 e. The number of nitrogens with one attached hydrogen (secondary N) is 2. The monoisotopic (exact) mass is 311 g/mol. The number of amides is 1. The highest BCUT2D eigenvalue weighted by atomic mass is 32.1. The Kier molecular flexibility index (Phi) is 5.81. The van der Waals surface area contributed by atoms with Crippen molar-refractivity contribution in [3.05, 3.63) is 4.88 Å². The van der Waals surface area contributed by atoms with E-state index in [1.54, 1.807) is 0 Å². The number of anilines is 2. The normalized spacial score (nSPS) is 19.4. The van der Waals surface area contributed by atoms with E-state index in [2.05, 4.69) is 34.4 Å². The zero-order chi connectivity index (χ0) is 15.2. The molecule has 0 aromatic carbocycles. The lowest BCUT2D eigenvalue weighted by molar-refractivity contribution is 0.0910. The number of carbonyl (C=O) groups is 1. The first kappa shape index (κ1) is 16.0. The fourth-order valence-corrected chi connectivity index (χ4v) is 3.33. The Morgan fingerprint density at radius 3 is 3.05 bits per heavy atom. The van der Waals surface area contributed by atoms with Gasteiger partial charge in [0, 0.05) is 19.1 Å². The lowest BCUT2D eigenvalue weighted by atomic mass is 10.1. The molecule has 0 radical (unpaired) electrons. The quantitative estimate of drug-likeness (QED) is 0.745. The van der Waals surface area contributed by atoms with Crippen molar-refractivity contribution in [1.29, 1.82) is 0 Å². The van der Waals surface area contributed by atoms with Crippen LogP contribution >= 0.6 is 11.3 Å². The largest absolute Gasteiger partial charge is 0.382 e. The molecule has 1 aromatic rings. The molecule has 1 unspecified atom stereocenters. The van der Waals surface area contributed by atoms with Crippen LogP contribution in [0.3, 0.4) is 0 Å². The average molecular weight is 311 g/mol. The third-order valence-electron chi connectivity index (χ3n) is 3.67. The van der Waals surface area contributed by atoms with Gasteiger partial charge in [0.25, 0.3) is 5.91 Å². The highest BCUT2D eigenvalue weighted by Crippen LogP contribution is 2.25. The van der Waals surface area contributed by atoms with E-state index < -0.39 is 0 Å². The van der Waals surface area contributed by atoms with Gasteiger partial charge in [-0.3, -0.25) is 4.79 Å². The molecule has 118 valence electrons. The van der Waals surface area contributed by atoms with E-state index in [0.717, 1.165) is 50.6 Å². The van der Waals surface area contributed by atoms with Crippen molar-refractivity contribution >= 4 is 28.2 Å². The number of piperidine rings is 1. The number of likely N-dealkylation sites (tertiary alicyclic amines) is 1. The Hall–Kier alpha value is -1.34. The number of nitrogens with zero attached hydrogens (tertiary/aromatic N) is 2. The second kappa shape index (κ2) is 7.61. The van der Waals surface area contributed by atoms with Crippen molar-refractivity contribution in [2.24, 2.45) is 0 Å². The van der Waals surface area contributed by atoms with Crippen LogP contribution in [0.4, 0.5) is 10.9 Å². The second-order valence-corrected chi connectivity index (χ2v) is 6.37. The SMILES string of the molecule is CCCNc1nc(N)c(C(=O)NC2CCCN(CC)C2)s1. The Balaban J connectivity index is 1.95. The predicted molar refractivity (Wildman–Crippen MR) is 87.9 cm³/mol. The summed E-state index contributed by atoms with van der Waals surface area (Å²) in [4.78, 5) is 19.4. The van der Waals surface area contributed by atoms with Gasteiger partial charge in [-0.2, -0.15) is 0 Å². The minimum absolute atomic E-state index is 0.0995. The van der Waals surface area contributed by atoms with Crippen LogP contribution in [-0.2, 0) is 0 Å². The molecule has 1 amide bonds. The molecule has 0 aliphatic carbocycles. The molecule has 0 spiro atoms. The number of thiazole rings is 1. The summed E-state index contributed by atoms with van der Waals surface area (Å²) in [7, 11) is 0. The van der Waals surface area contributed by atoms with Gasteiger partial charge in [0.05, 0.1) is 0 Å². The number of aromatic nitrogens is 1. The van der Waals surface area contributed by atoms with Crippen molar-refractivity contribution in [3.63, 3.8) is 0 Å².